The molecule has 184 valence electrons. The van der Waals surface area contributed by atoms with Gasteiger partial charge in [-0.25, -0.2) is 0 Å². The molecule has 2 saturated heterocycles. The summed E-state index contributed by atoms with van der Waals surface area (Å²) < 4.78 is 5.15. The number of hydrogen-bond acceptors (Lipinski definition) is 6. The lowest BCUT2D eigenvalue weighted by atomic mass is 9.75. The molecule has 3 amide bonds. The van der Waals surface area contributed by atoms with Crippen LogP contribution in [0.5, 0.6) is 0 Å². The van der Waals surface area contributed by atoms with E-state index in [1.165, 1.54) is 4.90 Å². The van der Waals surface area contributed by atoms with Crippen molar-refractivity contribution < 1.29 is 23.9 Å². The van der Waals surface area contributed by atoms with Crippen molar-refractivity contribution in [2.24, 2.45) is 5.92 Å². The number of nitrogens with zero attached hydrogens (tertiary/aromatic N) is 3. The van der Waals surface area contributed by atoms with E-state index in [9.17, 15) is 19.2 Å². The average Bonchev–Trinajstić information content (AvgIpc) is 3.13. The van der Waals surface area contributed by atoms with Crippen LogP contribution in [0.4, 0.5) is 0 Å². The molecule has 2 aliphatic rings. The van der Waals surface area contributed by atoms with Gasteiger partial charge in [-0.3, -0.25) is 29.1 Å². The molecular formula is C27H31N3O5. The van der Waals surface area contributed by atoms with Crippen molar-refractivity contribution in [3.05, 3.63) is 66.0 Å². The highest BCUT2D eigenvalue weighted by atomic mass is 16.5. The molecule has 35 heavy (non-hydrogen) atoms. The van der Waals surface area contributed by atoms with Crippen molar-refractivity contribution in [3.63, 3.8) is 0 Å². The molecule has 0 bridgehead atoms. The first-order valence-electron chi connectivity index (χ1n) is 12.2. The number of benzene rings is 1. The molecule has 0 aliphatic carbocycles. The molecule has 0 spiro atoms. The number of ether oxygens (including phenoxy) is 1. The third-order valence-electron chi connectivity index (χ3n) is 6.90. The molecule has 0 saturated carbocycles. The predicted molar refractivity (Wildman–Crippen MR) is 128 cm³/mol. The Hall–Kier alpha value is -3.55. The minimum Gasteiger partial charge on any atom is -0.466 e. The molecule has 0 radical (unpaired) electrons. The topological polar surface area (TPSA) is 96.9 Å². The van der Waals surface area contributed by atoms with Crippen molar-refractivity contribution in [3.8, 4) is 0 Å². The fourth-order valence-corrected chi connectivity index (χ4v) is 5.05. The van der Waals surface area contributed by atoms with Gasteiger partial charge in [-0.1, -0.05) is 36.4 Å². The maximum absolute atomic E-state index is 13.8. The molecule has 0 unspecified atom stereocenters. The molecule has 8 nitrogen and oxygen atoms in total. The van der Waals surface area contributed by atoms with Gasteiger partial charge >= 0.3 is 5.97 Å². The summed E-state index contributed by atoms with van der Waals surface area (Å²) in [6.07, 6.45) is 3.32. The maximum Gasteiger partial charge on any atom is 0.310 e. The van der Waals surface area contributed by atoms with Crippen LogP contribution in [0.25, 0.3) is 0 Å². The highest BCUT2D eigenvalue weighted by Gasteiger charge is 2.54. The highest BCUT2D eigenvalue weighted by molar-refractivity contribution is 6.10. The monoisotopic (exact) mass is 477 g/mol. The Kier molecular flexibility index (Phi) is 7.58. The number of carbonyl (C=O) groups is 4. The van der Waals surface area contributed by atoms with E-state index in [0.29, 0.717) is 38.0 Å². The second kappa shape index (κ2) is 10.8. The molecule has 1 aromatic carbocycles. The summed E-state index contributed by atoms with van der Waals surface area (Å²) in [6.45, 7) is 3.06. The number of aromatic nitrogens is 1. The van der Waals surface area contributed by atoms with Crippen LogP contribution >= 0.6 is 0 Å². The molecule has 2 atom stereocenters. The summed E-state index contributed by atoms with van der Waals surface area (Å²) in [7, 11) is 0. The molecule has 8 heteroatoms. The van der Waals surface area contributed by atoms with E-state index in [2.05, 4.69) is 4.98 Å². The maximum atomic E-state index is 13.8. The zero-order valence-electron chi connectivity index (χ0n) is 20.0. The Morgan fingerprint density at radius 3 is 2.60 bits per heavy atom. The quantitative estimate of drug-likeness (QED) is 0.428. The Balaban J connectivity index is 1.54. The van der Waals surface area contributed by atoms with Crippen LogP contribution in [-0.4, -0.2) is 64.7 Å². The van der Waals surface area contributed by atoms with Crippen LogP contribution in [0.2, 0.25) is 0 Å². The van der Waals surface area contributed by atoms with Gasteiger partial charge in [-0.2, -0.15) is 0 Å². The molecule has 0 N–H and O–H groups in total. The van der Waals surface area contributed by atoms with Gasteiger partial charge in [-0.05, 0) is 37.5 Å². The number of esters is 1. The Morgan fingerprint density at radius 1 is 1.11 bits per heavy atom. The zero-order chi connectivity index (χ0) is 24.8. The number of hydrogen-bond donors (Lipinski definition) is 0. The normalized spacial score (nSPS) is 22.4. The highest BCUT2D eigenvalue weighted by Crippen LogP contribution is 2.40. The van der Waals surface area contributed by atoms with Gasteiger partial charge in [0.25, 0.3) is 0 Å². The van der Waals surface area contributed by atoms with Crippen LogP contribution < -0.4 is 0 Å². The van der Waals surface area contributed by atoms with Gasteiger partial charge < -0.3 is 9.64 Å². The van der Waals surface area contributed by atoms with Crippen LogP contribution in [-0.2, 0) is 35.8 Å². The summed E-state index contributed by atoms with van der Waals surface area (Å²) in [5.41, 5.74) is 0.196. The van der Waals surface area contributed by atoms with Gasteiger partial charge in [0.2, 0.25) is 17.7 Å². The number of pyridine rings is 1. The fourth-order valence-electron chi connectivity index (χ4n) is 5.05. The summed E-state index contributed by atoms with van der Waals surface area (Å²) in [6, 6.07) is 14.6. The first-order chi connectivity index (χ1) is 16.9. The zero-order valence-corrected chi connectivity index (χ0v) is 20.0. The van der Waals surface area contributed by atoms with Crippen LogP contribution in [0, 0.1) is 5.92 Å². The standard InChI is InChI=1S/C27H31N3O5/c1-2-35-25(33)20-9-8-15-29(19-20)23(31)17-27(21-10-4-3-5-11-21)18-24(32)30(26(27)34)16-13-22-12-6-7-14-28-22/h3-7,10-12,14,20H,2,8-9,13,15-19H2,1H3/t20-,27-/m0/s1. The van der Waals surface area contributed by atoms with Gasteiger partial charge in [0.15, 0.2) is 0 Å². The lowest BCUT2D eigenvalue weighted by Crippen LogP contribution is -2.47. The summed E-state index contributed by atoms with van der Waals surface area (Å²) in [5.74, 6) is -1.52. The minimum atomic E-state index is -1.25. The van der Waals surface area contributed by atoms with Crippen molar-refractivity contribution >= 4 is 23.7 Å². The van der Waals surface area contributed by atoms with Crippen LogP contribution in [0.15, 0.2) is 54.7 Å². The number of carbonyl (C=O) groups excluding carboxylic acids is 4. The molecular weight excluding hydrogens is 446 g/mol. The second-order valence-corrected chi connectivity index (χ2v) is 9.15. The van der Waals surface area contributed by atoms with Crippen molar-refractivity contribution in [2.45, 2.75) is 44.4 Å². The third-order valence-corrected chi connectivity index (χ3v) is 6.90. The summed E-state index contributed by atoms with van der Waals surface area (Å²) >= 11 is 0. The Bertz CT molecular complexity index is 1070. The first-order valence-corrected chi connectivity index (χ1v) is 12.2. The second-order valence-electron chi connectivity index (χ2n) is 9.15. The van der Waals surface area contributed by atoms with Crippen molar-refractivity contribution in [1.82, 2.24) is 14.8 Å². The average molecular weight is 478 g/mol. The Labute approximate surface area is 205 Å². The lowest BCUT2D eigenvalue weighted by Gasteiger charge is -2.34. The largest absolute Gasteiger partial charge is 0.466 e. The number of imide groups is 1. The smallest absolute Gasteiger partial charge is 0.310 e. The number of likely N-dealkylation sites (tertiary alicyclic amines) is 2. The van der Waals surface area contributed by atoms with E-state index < -0.39 is 5.41 Å². The first kappa shape index (κ1) is 24.6. The fraction of sp³-hybridized carbons (Fsp3) is 0.444. The van der Waals surface area contributed by atoms with E-state index in [0.717, 1.165) is 5.69 Å². The summed E-state index contributed by atoms with van der Waals surface area (Å²) in [5, 5.41) is 0. The minimum absolute atomic E-state index is 0.0566. The summed E-state index contributed by atoms with van der Waals surface area (Å²) in [4.78, 5) is 59.8. The van der Waals surface area contributed by atoms with Gasteiger partial charge in [-0.15, -0.1) is 0 Å². The van der Waals surface area contributed by atoms with Crippen molar-refractivity contribution in [2.75, 3.05) is 26.2 Å². The number of rotatable bonds is 8. The molecule has 1 aromatic heterocycles. The van der Waals surface area contributed by atoms with Crippen LogP contribution in [0.1, 0.15) is 43.9 Å². The van der Waals surface area contributed by atoms with Gasteiger partial charge in [0.1, 0.15) is 0 Å². The molecule has 3 heterocycles. The molecule has 2 fully saturated rings. The number of amides is 3. The third kappa shape index (κ3) is 5.26. The van der Waals surface area contributed by atoms with E-state index in [-0.39, 0.29) is 55.5 Å². The van der Waals surface area contributed by atoms with Gasteiger partial charge in [0.05, 0.1) is 17.9 Å². The molecule has 2 aliphatic heterocycles. The molecule has 4 rings (SSSR count). The van der Waals surface area contributed by atoms with E-state index in [4.69, 9.17) is 4.74 Å². The van der Waals surface area contributed by atoms with Crippen molar-refractivity contribution in [1.29, 1.82) is 0 Å². The van der Waals surface area contributed by atoms with E-state index >= 15 is 0 Å². The number of piperidine rings is 1. The van der Waals surface area contributed by atoms with Gasteiger partial charge in [0, 0.05) is 50.8 Å². The molecule has 2 aromatic rings. The predicted octanol–water partition coefficient (Wildman–Crippen LogP) is 2.51. The van der Waals surface area contributed by atoms with Crippen LogP contribution in [0.3, 0.4) is 0 Å². The Morgan fingerprint density at radius 2 is 1.89 bits per heavy atom. The van der Waals surface area contributed by atoms with E-state index in [1.807, 2.05) is 36.4 Å². The van der Waals surface area contributed by atoms with E-state index in [1.54, 1.807) is 30.2 Å². The SMILES string of the molecule is CCOC(=O)[C@H]1CCCN(C(=O)C[C@@]2(c3ccccc3)CC(=O)N(CCc3ccccn3)C2=O)C1. The lowest BCUT2D eigenvalue weighted by molar-refractivity contribution is -0.152.